The number of hydrogen-bond donors (Lipinski definition) is 2. The van der Waals surface area contributed by atoms with Crippen LogP contribution in [0.4, 0.5) is 14.5 Å². The van der Waals surface area contributed by atoms with E-state index >= 15 is 0 Å². The van der Waals surface area contributed by atoms with Gasteiger partial charge in [-0.05, 0) is 66.8 Å². The highest BCUT2D eigenvalue weighted by atomic mass is 35.5. The lowest BCUT2D eigenvalue weighted by Gasteiger charge is -2.29. The Hall–Kier alpha value is -3.82. The molecule has 6 nitrogen and oxygen atoms in total. The van der Waals surface area contributed by atoms with Crippen LogP contribution >= 0.6 is 23.8 Å². The number of nitrogens with one attached hydrogen (secondary N) is 2. The summed E-state index contributed by atoms with van der Waals surface area (Å²) in [5, 5.41) is 6.44. The summed E-state index contributed by atoms with van der Waals surface area (Å²) >= 11 is 11.8. The van der Waals surface area contributed by atoms with Crippen LogP contribution < -0.4 is 10.6 Å². The molecule has 37 heavy (non-hydrogen) atoms. The fourth-order valence-electron chi connectivity index (χ4n) is 4.47. The normalized spacial score (nSPS) is 17.1. The van der Waals surface area contributed by atoms with Crippen molar-refractivity contribution in [2.24, 2.45) is 0 Å². The highest BCUT2D eigenvalue weighted by Crippen LogP contribution is 2.39. The van der Waals surface area contributed by atoms with E-state index in [9.17, 15) is 13.6 Å². The topological polar surface area (TPSA) is 62.2 Å². The monoisotopic (exact) mass is 537 g/mol. The maximum Gasteiger partial charge on any atom is 0.226 e. The van der Waals surface area contributed by atoms with Crippen LogP contribution in [-0.4, -0.2) is 32.0 Å². The Labute approximate surface area is 222 Å². The van der Waals surface area contributed by atoms with Gasteiger partial charge in [-0.3, -0.25) is 9.78 Å². The average molecular weight is 538 g/mol. The summed E-state index contributed by atoms with van der Waals surface area (Å²) in [4.78, 5) is 19.1. The second kappa shape index (κ2) is 10.7. The zero-order chi connectivity index (χ0) is 25.9. The molecule has 1 aliphatic heterocycles. The van der Waals surface area contributed by atoms with E-state index in [0.717, 1.165) is 11.4 Å². The SMILES string of the molecule is O=C(CCN1C(=S)N[C@H](c2ccccn2)[C@H]1c1cccn1-c1ccc(F)c(Cl)c1)Nc1ccccc1F. The smallest absolute Gasteiger partial charge is 0.226 e. The van der Waals surface area contributed by atoms with E-state index in [-0.39, 0.29) is 41.7 Å². The number of pyridine rings is 1. The van der Waals surface area contributed by atoms with Gasteiger partial charge in [0, 0.05) is 36.7 Å². The minimum atomic E-state index is -0.503. The molecule has 1 amide bonds. The van der Waals surface area contributed by atoms with E-state index < -0.39 is 11.6 Å². The number of nitrogens with zero attached hydrogens (tertiary/aromatic N) is 3. The Kier molecular flexibility index (Phi) is 7.16. The number of aromatic nitrogens is 2. The number of rotatable bonds is 7. The molecule has 1 aliphatic rings. The summed E-state index contributed by atoms with van der Waals surface area (Å²) in [5.74, 6) is -1.34. The fraction of sp³-hybridized carbons (Fsp3) is 0.148. The number of para-hydroxylation sites is 1. The quantitative estimate of drug-likeness (QED) is 0.292. The van der Waals surface area contributed by atoms with Crippen LogP contribution in [0.15, 0.2) is 85.2 Å². The second-order valence-electron chi connectivity index (χ2n) is 8.50. The maximum absolute atomic E-state index is 14.0. The van der Waals surface area contributed by atoms with Gasteiger partial charge in [0.25, 0.3) is 0 Å². The number of carbonyl (C=O) groups excluding carboxylic acids is 1. The molecule has 10 heteroatoms. The first-order valence-corrected chi connectivity index (χ1v) is 12.4. The van der Waals surface area contributed by atoms with E-state index in [1.54, 1.807) is 30.5 Å². The zero-order valence-electron chi connectivity index (χ0n) is 19.4. The molecule has 188 valence electrons. The third kappa shape index (κ3) is 5.19. The fourth-order valence-corrected chi connectivity index (χ4v) is 4.98. The van der Waals surface area contributed by atoms with Crippen LogP contribution in [0, 0.1) is 11.6 Å². The van der Waals surface area contributed by atoms with E-state index in [1.807, 2.05) is 46.0 Å². The van der Waals surface area contributed by atoms with Gasteiger partial charge in [0.2, 0.25) is 5.91 Å². The van der Waals surface area contributed by atoms with Gasteiger partial charge in [0.05, 0.1) is 28.5 Å². The average Bonchev–Trinajstić information content (AvgIpc) is 3.50. The van der Waals surface area contributed by atoms with Crippen molar-refractivity contribution >= 4 is 40.5 Å². The molecule has 4 aromatic rings. The summed E-state index contributed by atoms with van der Waals surface area (Å²) in [6.45, 7) is 0.273. The van der Waals surface area contributed by atoms with E-state index in [4.69, 9.17) is 23.8 Å². The van der Waals surface area contributed by atoms with Crippen LogP contribution in [-0.2, 0) is 4.79 Å². The molecule has 0 bridgehead atoms. The van der Waals surface area contributed by atoms with Gasteiger partial charge in [-0.1, -0.05) is 29.8 Å². The Morgan fingerprint density at radius 2 is 1.86 bits per heavy atom. The number of thiocarbonyl (C=S) groups is 1. The summed E-state index contributed by atoms with van der Waals surface area (Å²) in [5.41, 5.74) is 2.43. The maximum atomic E-state index is 14.0. The molecule has 0 radical (unpaired) electrons. The van der Waals surface area contributed by atoms with Crippen molar-refractivity contribution in [2.45, 2.75) is 18.5 Å². The van der Waals surface area contributed by atoms with Gasteiger partial charge in [-0.15, -0.1) is 0 Å². The minimum Gasteiger partial charge on any atom is -0.352 e. The summed E-state index contributed by atoms with van der Waals surface area (Å²) in [6.07, 6.45) is 3.64. The zero-order valence-corrected chi connectivity index (χ0v) is 21.0. The Balaban J connectivity index is 1.46. The van der Waals surface area contributed by atoms with E-state index in [1.165, 1.54) is 18.2 Å². The summed E-state index contributed by atoms with van der Waals surface area (Å²) in [6, 6.07) is 19.3. The molecule has 1 saturated heterocycles. The lowest BCUT2D eigenvalue weighted by Crippen LogP contribution is -2.33. The first-order chi connectivity index (χ1) is 17.9. The van der Waals surface area contributed by atoms with Crippen molar-refractivity contribution in [2.75, 3.05) is 11.9 Å². The minimum absolute atomic E-state index is 0.0140. The van der Waals surface area contributed by atoms with Gasteiger partial charge in [0.1, 0.15) is 11.6 Å². The van der Waals surface area contributed by atoms with Crippen molar-refractivity contribution in [3.8, 4) is 5.69 Å². The molecule has 0 unspecified atom stereocenters. The third-order valence-electron chi connectivity index (χ3n) is 6.19. The molecule has 0 spiro atoms. The first kappa shape index (κ1) is 24.9. The molecule has 1 fully saturated rings. The Morgan fingerprint density at radius 1 is 1.05 bits per heavy atom. The van der Waals surface area contributed by atoms with Crippen LogP contribution in [0.1, 0.15) is 29.9 Å². The molecule has 0 saturated carbocycles. The highest BCUT2D eigenvalue weighted by Gasteiger charge is 2.41. The Morgan fingerprint density at radius 3 is 2.62 bits per heavy atom. The van der Waals surface area contributed by atoms with Gasteiger partial charge in [-0.2, -0.15) is 0 Å². The predicted molar refractivity (Wildman–Crippen MR) is 143 cm³/mol. The van der Waals surface area contributed by atoms with Crippen LogP contribution in [0.2, 0.25) is 5.02 Å². The summed E-state index contributed by atoms with van der Waals surface area (Å²) < 4.78 is 29.8. The third-order valence-corrected chi connectivity index (χ3v) is 6.83. The predicted octanol–water partition coefficient (Wildman–Crippen LogP) is 5.81. The van der Waals surface area contributed by atoms with Crippen LogP contribution in [0.25, 0.3) is 5.69 Å². The lowest BCUT2D eigenvalue weighted by atomic mass is 10.0. The van der Waals surface area contributed by atoms with Crippen molar-refractivity contribution in [3.05, 3.63) is 113 Å². The molecule has 2 aromatic carbocycles. The highest BCUT2D eigenvalue weighted by molar-refractivity contribution is 7.80. The largest absolute Gasteiger partial charge is 0.352 e. The first-order valence-electron chi connectivity index (χ1n) is 11.6. The number of carbonyl (C=O) groups is 1. The molecule has 0 aliphatic carbocycles. The van der Waals surface area contributed by atoms with E-state index in [0.29, 0.717) is 10.8 Å². The molecule has 3 heterocycles. The molecule has 2 atom stereocenters. The van der Waals surface area contributed by atoms with Crippen molar-refractivity contribution in [1.29, 1.82) is 0 Å². The van der Waals surface area contributed by atoms with Crippen molar-refractivity contribution in [1.82, 2.24) is 19.8 Å². The van der Waals surface area contributed by atoms with Gasteiger partial charge in [-0.25, -0.2) is 8.78 Å². The van der Waals surface area contributed by atoms with Crippen LogP contribution in [0.5, 0.6) is 0 Å². The molecular weight excluding hydrogens is 516 g/mol. The molecule has 5 rings (SSSR count). The number of anilines is 1. The van der Waals surface area contributed by atoms with E-state index in [2.05, 4.69) is 15.6 Å². The Bertz CT molecular complexity index is 1450. The van der Waals surface area contributed by atoms with Crippen LogP contribution in [0.3, 0.4) is 0 Å². The summed E-state index contributed by atoms with van der Waals surface area (Å²) in [7, 11) is 0. The number of halogens is 3. The van der Waals surface area contributed by atoms with Gasteiger partial charge in [0.15, 0.2) is 5.11 Å². The number of hydrogen-bond acceptors (Lipinski definition) is 3. The van der Waals surface area contributed by atoms with Crippen molar-refractivity contribution in [3.63, 3.8) is 0 Å². The number of amides is 1. The standard InChI is InChI=1S/C27H22ClF2N5OS/c28-18-16-17(10-11-19(18)29)34-14-5-9-23(34)26-25(22-8-3-4-13-31-22)33-27(37)35(26)15-12-24(36)32-21-7-2-1-6-20(21)30/h1-11,13-14,16,25-26H,12,15H2,(H,32,36)(H,33,37)/t25-,26-/m1/s1. The molecular formula is C27H22ClF2N5OS. The second-order valence-corrected chi connectivity index (χ2v) is 9.29. The lowest BCUT2D eigenvalue weighted by molar-refractivity contribution is -0.116. The van der Waals surface area contributed by atoms with Gasteiger partial charge >= 0.3 is 0 Å². The van der Waals surface area contributed by atoms with Crippen molar-refractivity contribution < 1.29 is 13.6 Å². The molecule has 2 N–H and O–H groups in total. The number of benzene rings is 2. The molecule has 2 aromatic heterocycles. The van der Waals surface area contributed by atoms with Gasteiger partial charge < -0.3 is 20.1 Å².